The molecule has 0 saturated carbocycles. The molecule has 0 unspecified atom stereocenters. The number of rotatable bonds is 3. The molecule has 4 nitrogen and oxygen atoms in total. The maximum Gasteiger partial charge on any atom is 0.245 e. The summed E-state index contributed by atoms with van der Waals surface area (Å²) >= 11 is 12.0. The number of nitrogens with zero attached hydrogens (tertiary/aromatic N) is 4. The molecule has 106 valence electrons. The standard InChI is InChI=1S/C15H12Cl2N4/c1-2-21(14-13(16)19-20-15(17)18-14)12-9-5-7-10-6-3-4-8-11(10)12/h3-9H,2H2,1H3. The summed E-state index contributed by atoms with van der Waals surface area (Å²) in [5.41, 5.74) is 1.01. The van der Waals surface area contributed by atoms with Gasteiger partial charge in [-0.2, -0.15) is 4.98 Å². The normalized spacial score (nSPS) is 10.8. The number of fused-ring (bicyclic) bond motifs is 1. The van der Waals surface area contributed by atoms with Crippen LogP contribution in [0, 0.1) is 0 Å². The van der Waals surface area contributed by atoms with Gasteiger partial charge in [0.1, 0.15) is 0 Å². The number of hydrogen-bond acceptors (Lipinski definition) is 4. The summed E-state index contributed by atoms with van der Waals surface area (Å²) in [6, 6.07) is 14.3. The summed E-state index contributed by atoms with van der Waals surface area (Å²) in [6.45, 7) is 2.71. The summed E-state index contributed by atoms with van der Waals surface area (Å²) in [6.07, 6.45) is 0. The third-order valence-electron chi connectivity index (χ3n) is 3.23. The quantitative estimate of drug-likeness (QED) is 0.713. The first-order valence-electron chi connectivity index (χ1n) is 6.51. The molecule has 0 bridgehead atoms. The Morgan fingerprint density at radius 3 is 2.57 bits per heavy atom. The van der Waals surface area contributed by atoms with E-state index in [1.807, 2.05) is 36.1 Å². The van der Waals surface area contributed by atoms with E-state index in [1.165, 1.54) is 0 Å². The number of benzene rings is 2. The lowest BCUT2D eigenvalue weighted by molar-refractivity contribution is 0.918. The minimum absolute atomic E-state index is 0.0769. The average molecular weight is 319 g/mol. The fraction of sp³-hybridized carbons (Fsp3) is 0.133. The van der Waals surface area contributed by atoms with Crippen LogP contribution in [0.15, 0.2) is 42.5 Å². The van der Waals surface area contributed by atoms with Crippen molar-refractivity contribution in [3.8, 4) is 0 Å². The van der Waals surface area contributed by atoms with Crippen molar-refractivity contribution in [2.24, 2.45) is 0 Å². The van der Waals surface area contributed by atoms with Gasteiger partial charge in [-0.25, -0.2) is 0 Å². The van der Waals surface area contributed by atoms with Gasteiger partial charge in [-0.3, -0.25) is 0 Å². The second kappa shape index (κ2) is 5.84. The number of halogens is 2. The third-order valence-corrected chi connectivity index (χ3v) is 3.64. The van der Waals surface area contributed by atoms with Gasteiger partial charge in [0.2, 0.25) is 5.28 Å². The van der Waals surface area contributed by atoms with Crippen LogP contribution >= 0.6 is 23.2 Å². The molecular weight excluding hydrogens is 307 g/mol. The van der Waals surface area contributed by atoms with Crippen molar-refractivity contribution < 1.29 is 0 Å². The first-order chi connectivity index (χ1) is 10.2. The van der Waals surface area contributed by atoms with E-state index in [4.69, 9.17) is 23.2 Å². The Morgan fingerprint density at radius 2 is 1.76 bits per heavy atom. The van der Waals surface area contributed by atoms with Gasteiger partial charge in [-0.1, -0.05) is 48.0 Å². The SMILES string of the molecule is CCN(c1nc(Cl)nnc1Cl)c1cccc2ccccc12. The van der Waals surface area contributed by atoms with Gasteiger partial charge in [-0.05, 0) is 30.0 Å². The van der Waals surface area contributed by atoms with Crippen LogP contribution in [0.3, 0.4) is 0 Å². The maximum absolute atomic E-state index is 6.13. The number of anilines is 2. The molecule has 21 heavy (non-hydrogen) atoms. The van der Waals surface area contributed by atoms with Crippen molar-refractivity contribution in [3.05, 3.63) is 52.9 Å². The van der Waals surface area contributed by atoms with Crippen LogP contribution in [0.5, 0.6) is 0 Å². The van der Waals surface area contributed by atoms with Crippen molar-refractivity contribution in [1.82, 2.24) is 15.2 Å². The van der Waals surface area contributed by atoms with E-state index in [0.29, 0.717) is 12.4 Å². The fourth-order valence-electron chi connectivity index (χ4n) is 2.34. The first kappa shape index (κ1) is 14.0. The van der Waals surface area contributed by atoms with E-state index in [-0.39, 0.29) is 10.4 Å². The van der Waals surface area contributed by atoms with Crippen molar-refractivity contribution >= 4 is 45.5 Å². The van der Waals surface area contributed by atoms with Crippen molar-refractivity contribution in [3.63, 3.8) is 0 Å². The van der Waals surface area contributed by atoms with E-state index in [1.54, 1.807) is 0 Å². The molecule has 3 rings (SSSR count). The molecule has 0 fully saturated rings. The van der Waals surface area contributed by atoms with Crippen LogP contribution in [0.25, 0.3) is 10.8 Å². The Kier molecular flexibility index (Phi) is 3.90. The van der Waals surface area contributed by atoms with Gasteiger partial charge < -0.3 is 4.90 Å². The summed E-state index contributed by atoms with van der Waals surface area (Å²) in [7, 11) is 0. The van der Waals surface area contributed by atoms with Gasteiger partial charge in [0, 0.05) is 11.9 Å². The Hall–Kier alpha value is -1.91. The Labute approximate surface area is 132 Å². The average Bonchev–Trinajstić information content (AvgIpc) is 2.51. The molecule has 2 aromatic carbocycles. The van der Waals surface area contributed by atoms with Crippen LogP contribution < -0.4 is 4.90 Å². The number of hydrogen-bond donors (Lipinski definition) is 0. The Morgan fingerprint density at radius 1 is 1.00 bits per heavy atom. The van der Waals surface area contributed by atoms with E-state index < -0.39 is 0 Å². The summed E-state index contributed by atoms with van der Waals surface area (Å²) in [4.78, 5) is 6.19. The van der Waals surface area contributed by atoms with Crippen LogP contribution in [0.1, 0.15) is 6.92 Å². The number of aromatic nitrogens is 3. The fourth-order valence-corrected chi connectivity index (χ4v) is 2.64. The lowest BCUT2D eigenvalue weighted by atomic mass is 10.1. The Bertz CT molecular complexity index is 786. The highest BCUT2D eigenvalue weighted by molar-refractivity contribution is 6.32. The third kappa shape index (κ3) is 2.64. The van der Waals surface area contributed by atoms with Gasteiger partial charge >= 0.3 is 0 Å². The van der Waals surface area contributed by atoms with E-state index in [9.17, 15) is 0 Å². The topological polar surface area (TPSA) is 41.9 Å². The molecule has 0 spiro atoms. The molecule has 0 saturated heterocycles. The molecule has 3 aromatic rings. The van der Waals surface area contributed by atoms with Crippen LogP contribution in [0.4, 0.5) is 11.5 Å². The van der Waals surface area contributed by atoms with E-state index >= 15 is 0 Å². The second-order valence-corrected chi connectivity index (χ2v) is 5.13. The lowest BCUT2D eigenvalue weighted by Gasteiger charge is -2.24. The molecule has 1 aromatic heterocycles. The highest BCUT2D eigenvalue weighted by Gasteiger charge is 2.17. The monoisotopic (exact) mass is 318 g/mol. The summed E-state index contributed by atoms with van der Waals surface area (Å²) in [5.74, 6) is 0.510. The van der Waals surface area contributed by atoms with Gasteiger partial charge in [0.15, 0.2) is 11.0 Å². The largest absolute Gasteiger partial charge is 0.323 e. The molecule has 0 aliphatic heterocycles. The van der Waals surface area contributed by atoms with Gasteiger partial charge in [0.25, 0.3) is 0 Å². The molecule has 1 heterocycles. The lowest BCUT2D eigenvalue weighted by Crippen LogP contribution is -2.19. The van der Waals surface area contributed by atoms with E-state index in [0.717, 1.165) is 16.5 Å². The molecule has 0 aliphatic rings. The molecule has 0 radical (unpaired) electrons. The highest BCUT2D eigenvalue weighted by atomic mass is 35.5. The predicted molar refractivity (Wildman–Crippen MR) is 86.5 cm³/mol. The highest BCUT2D eigenvalue weighted by Crippen LogP contribution is 2.33. The van der Waals surface area contributed by atoms with Crippen molar-refractivity contribution in [2.75, 3.05) is 11.4 Å². The smallest absolute Gasteiger partial charge is 0.245 e. The van der Waals surface area contributed by atoms with Crippen molar-refractivity contribution in [2.45, 2.75) is 6.92 Å². The minimum Gasteiger partial charge on any atom is -0.323 e. The zero-order chi connectivity index (χ0) is 14.8. The second-order valence-electron chi connectivity index (χ2n) is 4.44. The first-order valence-corrected chi connectivity index (χ1v) is 7.27. The zero-order valence-electron chi connectivity index (χ0n) is 11.3. The molecule has 6 heteroatoms. The Balaban J connectivity index is 2.21. The summed E-state index contributed by atoms with van der Waals surface area (Å²) in [5, 5.41) is 10.1. The molecule has 0 amide bonds. The van der Waals surface area contributed by atoms with Gasteiger partial charge in [0.05, 0.1) is 5.69 Å². The summed E-state index contributed by atoms with van der Waals surface area (Å²) < 4.78 is 0. The predicted octanol–water partition coefficient (Wildman–Crippen LogP) is 4.49. The molecule has 0 atom stereocenters. The van der Waals surface area contributed by atoms with Crippen LogP contribution in [-0.2, 0) is 0 Å². The molecule has 0 aliphatic carbocycles. The minimum atomic E-state index is 0.0769. The van der Waals surface area contributed by atoms with Crippen molar-refractivity contribution in [1.29, 1.82) is 0 Å². The van der Waals surface area contributed by atoms with Crippen LogP contribution in [0.2, 0.25) is 10.4 Å². The van der Waals surface area contributed by atoms with Gasteiger partial charge in [-0.15, -0.1) is 10.2 Å². The van der Waals surface area contributed by atoms with Crippen LogP contribution in [-0.4, -0.2) is 21.7 Å². The molecular formula is C15H12Cl2N4. The molecule has 0 N–H and O–H groups in total. The maximum atomic E-state index is 6.13. The zero-order valence-corrected chi connectivity index (χ0v) is 12.8. The van der Waals surface area contributed by atoms with E-state index in [2.05, 4.69) is 33.4 Å².